The number of aromatic amines is 1. The molecule has 2 aliphatic rings. The first-order valence-electron chi connectivity index (χ1n) is 11.3. The fraction of sp³-hybridized carbons (Fsp3) is 0.591. The van der Waals surface area contributed by atoms with E-state index in [0.717, 1.165) is 0 Å². The molecule has 12 heteroatoms. The maximum absolute atomic E-state index is 13.7. The number of hydrogen-bond donors (Lipinski definition) is 1. The van der Waals surface area contributed by atoms with Crippen molar-refractivity contribution < 1.29 is 22.8 Å². The molecule has 0 bridgehead atoms. The number of aromatic nitrogens is 5. The Morgan fingerprint density at radius 1 is 1.26 bits per heavy atom. The molecule has 1 saturated carbocycles. The van der Waals surface area contributed by atoms with Crippen molar-refractivity contribution in [3.05, 3.63) is 34.2 Å². The summed E-state index contributed by atoms with van der Waals surface area (Å²) in [6.07, 6.45) is -0.733. The van der Waals surface area contributed by atoms with Crippen molar-refractivity contribution in [1.29, 1.82) is 0 Å². The molecule has 3 atom stereocenters. The van der Waals surface area contributed by atoms with Crippen molar-refractivity contribution >= 4 is 11.7 Å². The second-order valence-electron chi connectivity index (χ2n) is 9.88. The number of halogens is 2. The largest absolute Gasteiger partial charge is 0.444 e. The maximum Gasteiger partial charge on any atom is 0.410 e. The van der Waals surface area contributed by atoms with Crippen LogP contribution in [0.1, 0.15) is 63.5 Å². The van der Waals surface area contributed by atoms with Crippen LogP contribution in [0.4, 0.5) is 13.6 Å². The number of alkyl halides is 2. The Kier molecular flexibility index (Phi) is 5.40. The lowest BCUT2D eigenvalue weighted by Gasteiger charge is -2.33. The first-order chi connectivity index (χ1) is 16.1. The maximum atomic E-state index is 13.7. The number of H-pyrrole nitrogens is 1. The number of ether oxygens (including phenoxy) is 1. The van der Waals surface area contributed by atoms with Crippen molar-refractivity contribution in [2.45, 2.75) is 69.8 Å². The van der Waals surface area contributed by atoms with Crippen molar-refractivity contribution in [3.63, 3.8) is 0 Å². The quantitative estimate of drug-likeness (QED) is 0.616. The van der Waals surface area contributed by atoms with Gasteiger partial charge in [-0.2, -0.15) is 10.1 Å². The van der Waals surface area contributed by atoms with E-state index in [1.807, 2.05) is 20.8 Å². The van der Waals surface area contributed by atoms with Gasteiger partial charge >= 0.3 is 6.09 Å². The molecule has 1 aliphatic heterocycles. The second-order valence-corrected chi connectivity index (χ2v) is 9.88. The van der Waals surface area contributed by atoms with Crippen LogP contribution in [0.5, 0.6) is 0 Å². The molecule has 1 N–H and O–H groups in total. The molecule has 10 nitrogen and oxygen atoms in total. The van der Waals surface area contributed by atoms with Gasteiger partial charge < -0.3 is 19.1 Å². The fourth-order valence-electron chi connectivity index (χ4n) is 4.44. The lowest BCUT2D eigenvalue weighted by molar-refractivity contribution is 0.0203. The Morgan fingerprint density at radius 3 is 2.65 bits per heavy atom. The third-order valence-electron chi connectivity index (χ3n) is 6.31. The number of hydrogen-bond acceptors (Lipinski definition) is 7. The number of rotatable bonds is 3. The second kappa shape index (κ2) is 8.17. The van der Waals surface area contributed by atoms with Gasteiger partial charge in [-0.15, -0.1) is 0 Å². The Bertz CT molecular complexity index is 1270. The number of fused-ring (bicyclic) bond motifs is 1. The van der Waals surface area contributed by atoms with E-state index in [9.17, 15) is 18.4 Å². The van der Waals surface area contributed by atoms with Gasteiger partial charge in [-0.25, -0.2) is 18.1 Å². The van der Waals surface area contributed by atoms with E-state index in [4.69, 9.17) is 9.26 Å². The van der Waals surface area contributed by atoms with Gasteiger partial charge in [0.2, 0.25) is 11.7 Å². The minimum Gasteiger partial charge on any atom is -0.444 e. The van der Waals surface area contributed by atoms with Crippen molar-refractivity contribution in [1.82, 2.24) is 29.6 Å². The van der Waals surface area contributed by atoms with Crippen LogP contribution in [0.2, 0.25) is 0 Å². The van der Waals surface area contributed by atoms with Crippen LogP contribution in [0.15, 0.2) is 21.6 Å². The van der Waals surface area contributed by atoms with E-state index < -0.39 is 23.9 Å². The van der Waals surface area contributed by atoms with Gasteiger partial charge in [0.1, 0.15) is 23.6 Å². The minimum atomic E-state index is -1.66. The monoisotopic (exact) mass is 476 g/mol. The molecule has 3 aromatic rings. The Balaban J connectivity index is 1.37. The van der Waals surface area contributed by atoms with Crippen molar-refractivity contribution in [2.24, 2.45) is 0 Å². The topological polar surface area (TPSA) is 119 Å². The number of carbonyl (C=O) groups is 1. The normalized spacial score (nSPS) is 23.8. The van der Waals surface area contributed by atoms with Crippen molar-refractivity contribution in [2.75, 3.05) is 13.1 Å². The number of nitrogens with zero attached hydrogens (tertiary/aromatic N) is 5. The summed E-state index contributed by atoms with van der Waals surface area (Å²) in [6.45, 7) is 6.47. The third-order valence-corrected chi connectivity index (χ3v) is 6.31. The van der Waals surface area contributed by atoms with E-state index in [1.54, 1.807) is 9.42 Å². The number of piperidine rings is 1. The van der Waals surface area contributed by atoms with Crippen LogP contribution in [0.25, 0.3) is 17.0 Å². The lowest BCUT2D eigenvalue weighted by atomic mass is 9.81. The van der Waals surface area contributed by atoms with Gasteiger partial charge in [-0.05, 0) is 40.0 Å². The molecule has 0 radical (unpaired) electrons. The minimum absolute atomic E-state index is 0.000530. The first kappa shape index (κ1) is 22.5. The molecule has 5 rings (SSSR count). The average molecular weight is 476 g/mol. The summed E-state index contributed by atoms with van der Waals surface area (Å²) < 4.78 is 39.2. The highest BCUT2D eigenvalue weighted by atomic mass is 19.2. The third kappa shape index (κ3) is 4.05. The molecule has 1 aliphatic carbocycles. The van der Waals surface area contributed by atoms with Crippen molar-refractivity contribution in [3.8, 4) is 11.4 Å². The number of carbonyl (C=O) groups excluding carboxylic acids is 1. The molecule has 3 unspecified atom stereocenters. The smallest absolute Gasteiger partial charge is 0.410 e. The summed E-state index contributed by atoms with van der Waals surface area (Å²) >= 11 is 0. The molecule has 1 amide bonds. The highest BCUT2D eigenvalue weighted by Crippen LogP contribution is 2.41. The predicted molar refractivity (Wildman–Crippen MR) is 116 cm³/mol. The molecule has 34 heavy (non-hydrogen) atoms. The van der Waals surface area contributed by atoms with Crippen LogP contribution in [-0.2, 0) is 4.74 Å². The summed E-state index contributed by atoms with van der Waals surface area (Å²) in [5.41, 5.74) is 0.640. The van der Waals surface area contributed by atoms with Crippen LogP contribution in [0, 0.1) is 0 Å². The van der Waals surface area contributed by atoms with Crippen LogP contribution >= 0.6 is 0 Å². The molecular weight excluding hydrogens is 450 g/mol. The molecule has 182 valence electrons. The number of nitrogens with one attached hydrogen (secondary N) is 1. The van der Waals surface area contributed by atoms with Crippen LogP contribution < -0.4 is 5.56 Å². The molecular formula is C22H26F2N6O4. The summed E-state index contributed by atoms with van der Waals surface area (Å²) in [4.78, 5) is 33.5. The highest BCUT2D eigenvalue weighted by molar-refractivity contribution is 5.72. The molecule has 4 heterocycles. The van der Waals surface area contributed by atoms with Gasteiger partial charge in [-0.3, -0.25) is 4.79 Å². The number of likely N-dealkylation sites (tertiary alicyclic amines) is 1. The predicted octanol–water partition coefficient (Wildman–Crippen LogP) is 3.35. The van der Waals surface area contributed by atoms with Crippen LogP contribution in [-0.4, -0.2) is 66.8 Å². The first-order valence-corrected chi connectivity index (χ1v) is 11.3. The zero-order valence-corrected chi connectivity index (χ0v) is 19.1. The SMILES string of the molecule is CC(C)(C)OC(=O)N1CCC(c2cc(=O)[nH]c3c(-c4noc(C5CC(F)C5F)n4)cnn23)CC1. The summed E-state index contributed by atoms with van der Waals surface area (Å²) in [7, 11) is 0. The van der Waals surface area contributed by atoms with E-state index >= 15 is 0 Å². The lowest BCUT2D eigenvalue weighted by Crippen LogP contribution is -2.41. The van der Waals surface area contributed by atoms with Gasteiger partial charge in [0, 0.05) is 25.1 Å². The van der Waals surface area contributed by atoms with E-state index in [1.165, 1.54) is 12.3 Å². The molecule has 3 aromatic heterocycles. The average Bonchev–Trinajstić information content (AvgIpc) is 3.42. The highest BCUT2D eigenvalue weighted by Gasteiger charge is 2.46. The standard InChI is InChI=1S/C22H26F2N6O4/c1-22(2,3)33-21(32)29-6-4-11(5-7-29)15-9-16(31)26-19-13(10-25-30(15)19)18-27-20(34-28-18)12-8-14(23)17(12)24/h9-12,14,17H,4-8H2,1-3H3,(H,26,31). The molecule has 0 spiro atoms. The van der Waals surface area contributed by atoms with Crippen LogP contribution in [0.3, 0.4) is 0 Å². The Hall–Kier alpha value is -3.31. The Morgan fingerprint density at radius 2 is 2.00 bits per heavy atom. The molecule has 2 fully saturated rings. The van der Waals surface area contributed by atoms with E-state index in [-0.39, 0.29) is 35.7 Å². The van der Waals surface area contributed by atoms with Gasteiger partial charge in [0.15, 0.2) is 0 Å². The molecule has 0 aromatic carbocycles. The Labute approximate surface area is 193 Å². The summed E-state index contributed by atoms with van der Waals surface area (Å²) in [6, 6.07) is 1.50. The summed E-state index contributed by atoms with van der Waals surface area (Å²) in [5, 5.41) is 8.31. The van der Waals surface area contributed by atoms with Gasteiger partial charge in [-0.1, -0.05) is 5.16 Å². The van der Waals surface area contributed by atoms with E-state index in [0.29, 0.717) is 42.8 Å². The number of amides is 1. The summed E-state index contributed by atoms with van der Waals surface area (Å²) in [5.74, 6) is -0.584. The molecule has 1 saturated heterocycles. The zero-order valence-electron chi connectivity index (χ0n) is 19.1. The zero-order chi connectivity index (χ0) is 24.2. The fourth-order valence-corrected chi connectivity index (χ4v) is 4.44. The van der Waals surface area contributed by atoms with Gasteiger partial charge in [0.25, 0.3) is 5.56 Å². The van der Waals surface area contributed by atoms with Gasteiger partial charge in [0.05, 0.1) is 23.4 Å². The van der Waals surface area contributed by atoms with E-state index in [2.05, 4.69) is 20.2 Å².